The van der Waals surface area contributed by atoms with Crippen LogP contribution in [0.1, 0.15) is 6.92 Å². The number of halogens is 2. The van der Waals surface area contributed by atoms with Gasteiger partial charge < -0.3 is 0 Å². The number of aliphatic imine (C=N–C) groups is 1. The van der Waals surface area contributed by atoms with E-state index in [0.717, 1.165) is 12.2 Å². The van der Waals surface area contributed by atoms with Crippen molar-refractivity contribution < 1.29 is 0 Å². The van der Waals surface area contributed by atoms with Gasteiger partial charge in [0.1, 0.15) is 0 Å². The molecule has 1 heterocycles. The lowest BCUT2D eigenvalue weighted by Gasteiger charge is -2.22. The van der Waals surface area contributed by atoms with Crippen LogP contribution in [0, 0.1) is 5.92 Å². The Balaban J connectivity index is 2.79. The number of allylic oxidation sites excluding steroid dienone is 1. The van der Waals surface area contributed by atoms with Crippen molar-refractivity contribution in [3.8, 4) is 0 Å². The molecule has 2 atom stereocenters. The summed E-state index contributed by atoms with van der Waals surface area (Å²) in [5, 5.41) is 0. The third-order valence-electron chi connectivity index (χ3n) is 1.89. The largest absolute Gasteiger partial charge is 0.264 e. The number of hydrogen-bond donors (Lipinski definition) is 1. The molecule has 1 rings (SSSR count). The van der Waals surface area contributed by atoms with Gasteiger partial charge in [-0.25, -0.2) is 0 Å². The first-order chi connectivity index (χ1) is 5.66. The van der Waals surface area contributed by atoms with Crippen LogP contribution in [0.25, 0.3) is 0 Å². The van der Waals surface area contributed by atoms with Gasteiger partial charge in [0.15, 0.2) is 0 Å². The fourth-order valence-corrected chi connectivity index (χ4v) is 2.10. The zero-order valence-electron chi connectivity index (χ0n) is 6.72. The summed E-state index contributed by atoms with van der Waals surface area (Å²) in [4.78, 5) is 4.29. The van der Waals surface area contributed by atoms with Crippen LogP contribution < -0.4 is 3.53 Å². The lowest BCUT2D eigenvalue weighted by molar-refractivity contribution is 0.738. The van der Waals surface area contributed by atoms with Gasteiger partial charge in [-0.15, -0.1) is 0 Å². The van der Waals surface area contributed by atoms with E-state index in [4.69, 9.17) is 7.85 Å². The van der Waals surface area contributed by atoms with E-state index in [9.17, 15) is 0 Å². The molecule has 0 bridgehead atoms. The second-order valence-electron chi connectivity index (χ2n) is 2.75. The summed E-state index contributed by atoms with van der Waals surface area (Å²) >= 11 is 4.45. The van der Waals surface area contributed by atoms with E-state index in [1.807, 2.05) is 6.21 Å². The minimum absolute atomic E-state index is 0.0786. The SMILES string of the molecule is [B][C@@H]1C=NC(CNI)=C(I)C1C. The molecule has 64 valence electrons. The van der Waals surface area contributed by atoms with Gasteiger partial charge in [-0.1, -0.05) is 6.92 Å². The van der Waals surface area contributed by atoms with Gasteiger partial charge in [0.25, 0.3) is 0 Å². The average molecular weight is 386 g/mol. The Morgan fingerprint density at radius 1 is 1.75 bits per heavy atom. The molecule has 1 aliphatic rings. The van der Waals surface area contributed by atoms with Crippen molar-refractivity contribution in [2.75, 3.05) is 6.54 Å². The zero-order valence-corrected chi connectivity index (χ0v) is 11.0. The summed E-state index contributed by atoms with van der Waals surface area (Å²) in [5.74, 6) is 0.484. The average Bonchev–Trinajstić information content (AvgIpc) is 2.07. The highest BCUT2D eigenvalue weighted by molar-refractivity contribution is 14.1. The van der Waals surface area contributed by atoms with Crippen LogP contribution in [0.2, 0.25) is 5.82 Å². The summed E-state index contributed by atoms with van der Waals surface area (Å²) in [7, 11) is 5.82. The highest BCUT2D eigenvalue weighted by atomic mass is 127. The molecule has 2 radical (unpaired) electrons. The summed E-state index contributed by atoms with van der Waals surface area (Å²) in [6, 6.07) is 0. The lowest BCUT2D eigenvalue weighted by Crippen LogP contribution is -2.16. The van der Waals surface area contributed by atoms with Crippen molar-refractivity contribution in [3.63, 3.8) is 0 Å². The summed E-state index contributed by atoms with van der Waals surface area (Å²) in [6.45, 7) is 2.94. The van der Waals surface area contributed by atoms with Crippen molar-refractivity contribution in [1.29, 1.82) is 0 Å². The van der Waals surface area contributed by atoms with E-state index < -0.39 is 0 Å². The van der Waals surface area contributed by atoms with E-state index in [0.29, 0.717) is 5.92 Å². The summed E-state index contributed by atoms with van der Waals surface area (Å²) < 4.78 is 4.33. The first kappa shape index (κ1) is 11.0. The summed E-state index contributed by atoms with van der Waals surface area (Å²) in [5.41, 5.74) is 1.11. The maximum atomic E-state index is 5.82. The fourth-order valence-electron chi connectivity index (χ4n) is 0.992. The normalized spacial score (nSPS) is 29.6. The molecular weight excluding hydrogens is 377 g/mol. The molecule has 2 nitrogen and oxygen atoms in total. The second kappa shape index (κ2) is 4.95. The van der Waals surface area contributed by atoms with Gasteiger partial charge in [0.05, 0.1) is 13.5 Å². The maximum Gasteiger partial charge on any atom is 0.0784 e. The van der Waals surface area contributed by atoms with Crippen LogP contribution in [0.15, 0.2) is 14.3 Å². The minimum Gasteiger partial charge on any atom is -0.264 e. The smallest absolute Gasteiger partial charge is 0.0784 e. The molecule has 0 amide bonds. The van der Waals surface area contributed by atoms with Gasteiger partial charge in [-0.05, 0) is 40.5 Å². The van der Waals surface area contributed by atoms with Gasteiger partial charge in [-0.2, -0.15) is 0 Å². The molecule has 0 fully saturated rings. The molecule has 0 aromatic heterocycles. The monoisotopic (exact) mass is 386 g/mol. The molecule has 0 aliphatic carbocycles. The zero-order chi connectivity index (χ0) is 9.14. The first-order valence-electron chi connectivity index (χ1n) is 3.68. The molecule has 1 aliphatic heterocycles. The number of hydrogen-bond acceptors (Lipinski definition) is 2. The van der Waals surface area contributed by atoms with Gasteiger partial charge in [0.2, 0.25) is 0 Å². The van der Waals surface area contributed by atoms with E-state index in [1.54, 1.807) is 0 Å². The standard InChI is InChI=1S/C7H9BI2N2/c1-4-5(8)2-11-6(3-12-10)7(4)9/h2,4-5,12H,3H2,1H3/t4?,5-/m1/s1. The van der Waals surface area contributed by atoms with Crippen molar-refractivity contribution in [1.82, 2.24) is 3.53 Å². The van der Waals surface area contributed by atoms with Crippen LogP contribution in [-0.2, 0) is 0 Å². The molecule has 0 saturated carbocycles. The Hall–Kier alpha value is 0.895. The van der Waals surface area contributed by atoms with Crippen molar-refractivity contribution in [3.05, 3.63) is 9.28 Å². The molecule has 0 spiro atoms. The molecule has 5 heteroatoms. The van der Waals surface area contributed by atoms with Crippen LogP contribution in [0.4, 0.5) is 0 Å². The first-order valence-corrected chi connectivity index (χ1v) is 5.84. The third-order valence-corrected chi connectivity index (χ3v) is 3.88. The fraction of sp³-hybridized carbons (Fsp3) is 0.571. The van der Waals surface area contributed by atoms with Crippen LogP contribution >= 0.6 is 45.5 Å². The van der Waals surface area contributed by atoms with Gasteiger partial charge in [0, 0.05) is 33.0 Å². The summed E-state index contributed by atoms with van der Waals surface area (Å²) in [6.07, 6.45) is 1.83. The molecule has 12 heavy (non-hydrogen) atoms. The van der Waals surface area contributed by atoms with Crippen LogP contribution in [0.5, 0.6) is 0 Å². The van der Waals surface area contributed by atoms with Crippen molar-refractivity contribution >= 4 is 59.5 Å². The minimum atomic E-state index is 0.0786. The number of rotatable bonds is 2. The van der Waals surface area contributed by atoms with Crippen molar-refractivity contribution in [2.24, 2.45) is 10.9 Å². The third kappa shape index (κ3) is 2.44. The maximum absolute atomic E-state index is 5.82. The lowest BCUT2D eigenvalue weighted by atomic mass is 9.77. The van der Waals surface area contributed by atoms with E-state index in [-0.39, 0.29) is 5.82 Å². The number of nitrogens with zero attached hydrogens (tertiary/aromatic N) is 1. The van der Waals surface area contributed by atoms with Gasteiger partial charge >= 0.3 is 0 Å². The highest BCUT2D eigenvalue weighted by Gasteiger charge is 2.19. The Labute approximate surface area is 102 Å². The van der Waals surface area contributed by atoms with E-state index >= 15 is 0 Å². The molecular formula is C7H9BI2N2. The highest BCUT2D eigenvalue weighted by Crippen LogP contribution is 2.33. The Bertz CT molecular complexity index is 227. The Morgan fingerprint density at radius 2 is 2.42 bits per heavy atom. The number of nitrogens with one attached hydrogen (secondary N) is 1. The van der Waals surface area contributed by atoms with E-state index in [2.05, 4.69) is 60.9 Å². The van der Waals surface area contributed by atoms with Gasteiger partial charge in [-0.3, -0.25) is 8.52 Å². The second-order valence-corrected chi connectivity index (χ2v) is 4.67. The van der Waals surface area contributed by atoms with Crippen LogP contribution in [-0.4, -0.2) is 20.6 Å². The van der Waals surface area contributed by atoms with Crippen molar-refractivity contribution in [2.45, 2.75) is 12.7 Å². The molecule has 1 unspecified atom stereocenters. The Kier molecular flexibility index (Phi) is 4.52. The molecule has 1 N–H and O–H groups in total. The quantitative estimate of drug-likeness (QED) is 0.440. The van der Waals surface area contributed by atoms with E-state index in [1.165, 1.54) is 3.58 Å². The molecule has 0 aromatic rings. The van der Waals surface area contributed by atoms with Crippen LogP contribution in [0.3, 0.4) is 0 Å². The predicted octanol–water partition coefficient (Wildman–Crippen LogP) is 2.25. The Morgan fingerprint density at radius 3 is 3.00 bits per heavy atom. The topological polar surface area (TPSA) is 24.4 Å². The predicted molar refractivity (Wildman–Crippen MR) is 70.2 cm³/mol. The molecule has 0 saturated heterocycles. The molecule has 0 aromatic carbocycles.